The van der Waals surface area contributed by atoms with E-state index in [1.807, 2.05) is 13.8 Å². The van der Waals surface area contributed by atoms with E-state index in [0.717, 1.165) is 19.3 Å². The maximum atomic E-state index is 13.1. The van der Waals surface area contributed by atoms with E-state index in [0.29, 0.717) is 17.8 Å². The lowest BCUT2D eigenvalue weighted by molar-refractivity contribution is -0.149. The van der Waals surface area contributed by atoms with Crippen molar-refractivity contribution in [3.05, 3.63) is 0 Å². The van der Waals surface area contributed by atoms with E-state index >= 15 is 0 Å². The third-order valence-electron chi connectivity index (χ3n) is 6.48. The molecule has 4 saturated carbocycles. The Bertz CT molecular complexity index is 536. The molecule has 6 nitrogen and oxygen atoms in total. The van der Waals surface area contributed by atoms with E-state index in [2.05, 4.69) is 10.6 Å². The molecule has 6 heteroatoms. The average molecular weight is 350 g/mol. The van der Waals surface area contributed by atoms with Crippen molar-refractivity contribution < 1.29 is 19.5 Å². The number of carbonyl (C=O) groups is 3. The quantitative estimate of drug-likeness (QED) is 0.682. The van der Waals surface area contributed by atoms with E-state index in [1.54, 1.807) is 0 Å². The highest BCUT2D eigenvalue weighted by Gasteiger charge is 2.55. The van der Waals surface area contributed by atoms with Crippen LogP contribution in [0.2, 0.25) is 0 Å². The van der Waals surface area contributed by atoms with Crippen molar-refractivity contribution in [3.63, 3.8) is 0 Å². The molecule has 140 valence electrons. The monoisotopic (exact) mass is 350 g/mol. The molecular weight excluding hydrogens is 320 g/mol. The van der Waals surface area contributed by atoms with Crippen LogP contribution in [0, 0.1) is 29.1 Å². The van der Waals surface area contributed by atoms with Crippen LogP contribution in [0.4, 0.5) is 0 Å². The third-order valence-corrected chi connectivity index (χ3v) is 6.48. The Morgan fingerprint density at radius 2 is 1.40 bits per heavy atom. The smallest absolute Gasteiger partial charge is 0.325 e. The maximum Gasteiger partial charge on any atom is 0.325 e. The van der Waals surface area contributed by atoms with Gasteiger partial charge in [-0.25, -0.2) is 0 Å². The summed E-state index contributed by atoms with van der Waals surface area (Å²) in [6, 6.07) is -1.66. The Morgan fingerprint density at radius 1 is 0.920 bits per heavy atom. The van der Waals surface area contributed by atoms with Crippen LogP contribution in [0.1, 0.15) is 59.3 Å². The normalized spacial score (nSPS) is 35.3. The van der Waals surface area contributed by atoms with Gasteiger partial charge in [0.1, 0.15) is 12.1 Å². The summed E-state index contributed by atoms with van der Waals surface area (Å²) >= 11 is 0. The van der Waals surface area contributed by atoms with E-state index in [4.69, 9.17) is 5.11 Å². The summed E-state index contributed by atoms with van der Waals surface area (Å²) in [7, 11) is 0. The molecule has 0 aliphatic heterocycles. The Kier molecular flexibility index (Phi) is 4.82. The highest BCUT2D eigenvalue weighted by Crippen LogP contribution is 2.60. The van der Waals surface area contributed by atoms with Gasteiger partial charge in [-0.1, -0.05) is 13.8 Å². The van der Waals surface area contributed by atoms with Crippen LogP contribution >= 0.6 is 0 Å². The van der Waals surface area contributed by atoms with Gasteiger partial charge in [-0.3, -0.25) is 14.4 Å². The van der Waals surface area contributed by atoms with Gasteiger partial charge < -0.3 is 15.7 Å². The summed E-state index contributed by atoms with van der Waals surface area (Å²) in [6.07, 6.45) is 6.62. The van der Waals surface area contributed by atoms with Gasteiger partial charge in [-0.2, -0.15) is 0 Å². The van der Waals surface area contributed by atoms with E-state index < -0.39 is 24.0 Å². The summed E-state index contributed by atoms with van der Waals surface area (Å²) in [5.74, 6) is 0.398. The predicted octanol–water partition coefficient (Wildman–Crippen LogP) is 1.93. The lowest BCUT2D eigenvalue weighted by atomic mass is 9.49. The molecule has 0 saturated heterocycles. The number of hydrogen-bond donors (Lipinski definition) is 3. The first-order valence-corrected chi connectivity index (χ1v) is 9.54. The van der Waals surface area contributed by atoms with Crippen LogP contribution in [-0.2, 0) is 14.4 Å². The lowest BCUT2D eigenvalue weighted by Crippen LogP contribution is -2.59. The number of hydrogen-bond acceptors (Lipinski definition) is 3. The fraction of sp³-hybridized carbons (Fsp3) is 0.842. The van der Waals surface area contributed by atoms with Gasteiger partial charge in [0.2, 0.25) is 11.8 Å². The first-order chi connectivity index (χ1) is 11.7. The number of nitrogens with one attached hydrogen (secondary N) is 2. The van der Waals surface area contributed by atoms with Gasteiger partial charge in [0, 0.05) is 5.41 Å². The van der Waals surface area contributed by atoms with Gasteiger partial charge in [0.15, 0.2) is 0 Å². The van der Waals surface area contributed by atoms with E-state index in [-0.39, 0.29) is 17.2 Å². The van der Waals surface area contributed by atoms with Gasteiger partial charge in [-0.05, 0) is 69.1 Å². The number of carboxylic acid groups (broad SMARTS) is 1. The SMILES string of the molecule is CC(NC(=O)C(NC(=O)C12CC3CC(CC(C3)C1)C2)C(C)C)C(=O)O. The van der Waals surface area contributed by atoms with Crippen molar-refractivity contribution in [1.29, 1.82) is 0 Å². The summed E-state index contributed by atoms with van der Waals surface area (Å²) in [6.45, 7) is 5.17. The van der Waals surface area contributed by atoms with Crippen molar-refractivity contribution in [2.45, 2.75) is 71.4 Å². The van der Waals surface area contributed by atoms with Crippen molar-refractivity contribution in [1.82, 2.24) is 10.6 Å². The molecule has 25 heavy (non-hydrogen) atoms. The minimum Gasteiger partial charge on any atom is -0.480 e. The van der Waals surface area contributed by atoms with Gasteiger partial charge in [0.25, 0.3) is 0 Å². The number of aliphatic carboxylic acids is 1. The molecule has 0 aromatic carbocycles. The molecule has 4 aliphatic rings. The molecule has 0 heterocycles. The van der Waals surface area contributed by atoms with Gasteiger partial charge in [-0.15, -0.1) is 0 Å². The van der Waals surface area contributed by atoms with Crippen LogP contribution in [0.5, 0.6) is 0 Å². The number of rotatable bonds is 6. The zero-order valence-corrected chi connectivity index (χ0v) is 15.4. The first-order valence-electron chi connectivity index (χ1n) is 9.54. The minimum atomic E-state index is -1.08. The van der Waals surface area contributed by atoms with E-state index in [1.165, 1.54) is 26.2 Å². The van der Waals surface area contributed by atoms with Crippen molar-refractivity contribution in [2.24, 2.45) is 29.1 Å². The number of amides is 2. The minimum absolute atomic E-state index is 0.00317. The molecule has 4 bridgehead atoms. The topological polar surface area (TPSA) is 95.5 Å². The van der Waals surface area contributed by atoms with E-state index in [9.17, 15) is 14.4 Å². The van der Waals surface area contributed by atoms with Gasteiger partial charge >= 0.3 is 5.97 Å². The highest BCUT2D eigenvalue weighted by atomic mass is 16.4. The molecule has 0 radical (unpaired) electrons. The lowest BCUT2D eigenvalue weighted by Gasteiger charge is -2.55. The fourth-order valence-corrected chi connectivity index (χ4v) is 5.58. The molecule has 3 N–H and O–H groups in total. The third kappa shape index (κ3) is 3.53. The second-order valence-electron chi connectivity index (χ2n) is 8.96. The van der Waals surface area contributed by atoms with Crippen molar-refractivity contribution in [2.75, 3.05) is 0 Å². The molecule has 0 spiro atoms. The number of carbonyl (C=O) groups excluding carboxylic acids is 2. The molecule has 4 fully saturated rings. The second kappa shape index (κ2) is 6.61. The molecular formula is C19H30N2O4. The highest BCUT2D eigenvalue weighted by molar-refractivity contribution is 5.92. The van der Waals surface area contributed by atoms with Crippen LogP contribution in [0.25, 0.3) is 0 Å². The molecule has 2 amide bonds. The molecule has 4 rings (SSSR count). The number of carboxylic acids is 1. The summed E-state index contributed by atoms with van der Waals surface area (Å²) in [4.78, 5) is 36.6. The zero-order valence-electron chi connectivity index (χ0n) is 15.4. The van der Waals surface area contributed by atoms with Crippen LogP contribution in [0.3, 0.4) is 0 Å². The van der Waals surface area contributed by atoms with Crippen molar-refractivity contribution in [3.8, 4) is 0 Å². The zero-order chi connectivity index (χ0) is 18.4. The van der Waals surface area contributed by atoms with Crippen LogP contribution < -0.4 is 10.6 Å². The van der Waals surface area contributed by atoms with Crippen LogP contribution in [0.15, 0.2) is 0 Å². The van der Waals surface area contributed by atoms with Crippen LogP contribution in [-0.4, -0.2) is 35.0 Å². The molecule has 0 aromatic heterocycles. The second-order valence-corrected chi connectivity index (χ2v) is 8.96. The first kappa shape index (κ1) is 18.2. The molecule has 0 aromatic rings. The molecule has 2 atom stereocenters. The summed E-state index contributed by atoms with van der Waals surface area (Å²) in [5, 5.41) is 14.4. The van der Waals surface area contributed by atoms with Gasteiger partial charge in [0.05, 0.1) is 0 Å². The average Bonchev–Trinajstić information content (AvgIpc) is 2.50. The Hall–Kier alpha value is -1.59. The molecule has 4 aliphatic carbocycles. The van der Waals surface area contributed by atoms with Crippen molar-refractivity contribution >= 4 is 17.8 Å². The Labute approximate surface area is 149 Å². The fourth-order valence-electron chi connectivity index (χ4n) is 5.58. The summed E-state index contributed by atoms with van der Waals surface area (Å²) in [5.41, 5.74) is -0.305. The molecule has 2 unspecified atom stereocenters. The standard InChI is InChI=1S/C19H30N2O4/c1-10(2)15(16(22)20-11(3)17(23)24)21-18(25)19-7-12-4-13(8-19)6-14(5-12)9-19/h10-15H,4-9H2,1-3H3,(H,20,22)(H,21,25)(H,23,24). The largest absolute Gasteiger partial charge is 0.480 e. The Balaban J connectivity index is 1.69. The Morgan fingerprint density at radius 3 is 1.80 bits per heavy atom. The maximum absolute atomic E-state index is 13.1. The summed E-state index contributed by atoms with van der Waals surface area (Å²) < 4.78 is 0. The predicted molar refractivity (Wildman–Crippen MR) is 92.6 cm³/mol.